The van der Waals surface area contributed by atoms with Crippen LogP contribution in [-0.2, 0) is 21.4 Å². The molecular weight excluding hydrogens is 270 g/mol. The summed E-state index contributed by atoms with van der Waals surface area (Å²) in [5.74, 6) is 0. The summed E-state index contributed by atoms with van der Waals surface area (Å²) < 4.78 is 31.5. The first-order valence-electron chi connectivity index (χ1n) is 5.73. The Labute approximate surface area is 112 Å². The van der Waals surface area contributed by atoms with Gasteiger partial charge in [-0.2, -0.15) is 8.42 Å². The van der Waals surface area contributed by atoms with Crippen molar-refractivity contribution in [1.29, 1.82) is 0 Å². The molecule has 4 N–H and O–H groups in total. The zero-order valence-corrected chi connectivity index (χ0v) is 11.4. The van der Waals surface area contributed by atoms with Crippen molar-refractivity contribution in [2.75, 3.05) is 17.9 Å². The maximum atomic E-state index is 11.6. The minimum absolute atomic E-state index is 0.0924. The van der Waals surface area contributed by atoms with Gasteiger partial charge in [-0.25, -0.2) is 9.52 Å². The molecule has 7 nitrogen and oxygen atoms in total. The monoisotopic (exact) mass is 287 g/mol. The smallest absolute Gasteiger partial charge is 0.422 e. The molecule has 8 heteroatoms. The first-order chi connectivity index (χ1) is 8.96. The lowest BCUT2D eigenvalue weighted by molar-refractivity contribution is 0.159. The second kappa shape index (κ2) is 6.95. The summed E-state index contributed by atoms with van der Waals surface area (Å²) >= 11 is 0. The molecule has 1 aromatic rings. The van der Waals surface area contributed by atoms with Crippen molar-refractivity contribution in [2.24, 2.45) is 5.73 Å². The summed E-state index contributed by atoms with van der Waals surface area (Å²) in [5.41, 5.74) is 6.76. The van der Waals surface area contributed by atoms with Crippen molar-refractivity contribution in [2.45, 2.75) is 13.3 Å². The van der Waals surface area contributed by atoms with Crippen molar-refractivity contribution < 1.29 is 17.9 Å². The molecule has 0 atom stereocenters. The Morgan fingerprint density at radius 2 is 1.95 bits per heavy atom. The van der Waals surface area contributed by atoms with Crippen molar-refractivity contribution >= 4 is 22.0 Å². The van der Waals surface area contributed by atoms with E-state index in [0.717, 1.165) is 5.56 Å². The van der Waals surface area contributed by atoms with Gasteiger partial charge < -0.3 is 10.5 Å². The van der Waals surface area contributed by atoms with E-state index in [4.69, 9.17) is 5.73 Å². The molecule has 0 aliphatic carbocycles. The molecule has 0 heterocycles. The number of hydrogen-bond donors (Lipinski definition) is 3. The molecule has 19 heavy (non-hydrogen) atoms. The van der Waals surface area contributed by atoms with E-state index in [9.17, 15) is 13.2 Å². The number of rotatable bonds is 6. The number of nitrogens with two attached hydrogens (primary N) is 1. The second-order valence-electron chi connectivity index (χ2n) is 3.66. The highest BCUT2D eigenvalue weighted by Gasteiger charge is 2.14. The van der Waals surface area contributed by atoms with E-state index in [2.05, 4.69) is 9.46 Å². The molecule has 0 bridgehead atoms. The zero-order valence-electron chi connectivity index (χ0n) is 10.5. The zero-order chi connectivity index (χ0) is 14.3. The Morgan fingerprint density at radius 1 is 1.32 bits per heavy atom. The van der Waals surface area contributed by atoms with Gasteiger partial charge in [0.2, 0.25) is 0 Å². The number of hydrogen-bond acceptors (Lipinski definition) is 5. The third-order valence-corrected chi connectivity index (χ3v) is 3.07. The number of anilines is 1. The summed E-state index contributed by atoms with van der Waals surface area (Å²) in [5, 5.41) is 0. The molecule has 0 fully saturated rings. The van der Waals surface area contributed by atoms with Crippen LogP contribution in [-0.4, -0.2) is 27.7 Å². The fourth-order valence-corrected chi connectivity index (χ4v) is 2.13. The maximum absolute atomic E-state index is 11.6. The normalized spacial score (nSPS) is 10.8. The predicted molar refractivity (Wildman–Crippen MR) is 71.9 cm³/mol. The van der Waals surface area contributed by atoms with Crippen LogP contribution in [0.5, 0.6) is 0 Å². The van der Waals surface area contributed by atoms with Crippen molar-refractivity contribution in [1.82, 2.24) is 4.72 Å². The van der Waals surface area contributed by atoms with Gasteiger partial charge in [-0.1, -0.05) is 12.1 Å². The van der Waals surface area contributed by atoms with E-state index in [1.165, 1.54) is 0 Å². The highest BCUT2D eigenvalue weighted by atomic mass is 32.2. The van der Waals surface area contributed by atoms with Crippen LogP contribution in [0.2, 0.25) is 0 Å². The molecule has 0 radical (unpaired) electrons. The van der Waals surface area contributed by atoms with Gasteiger partial charge in [0.25, 0.3) is 0 Å². The van der Waals surface area contributed by atoms with Crippen LogP contribution >= 0.6 is 0 Å². The van der Waals surface area contributed by atoms with E-state index in [1.807, 2.05) is 0 Å². The van der Waals surface area contributed by atoms with Crippen LogP contribution in [0.1, 0.15) is 12.5 Å². The van der Waals surface area contributed by atoms with Crippen LogP contribution < -0.4 is 15.2 Å². The molecule has 0 saturated carbocycles. The summed E-state index contributed by atoms with van der Waals surface area (Å²) in [4.78, 5) is 11.0. The van der Waals surface area contributed by atoms with E-state index in [-0.39, 0.29) is 6.61 Å². The number of benzene rings is 1. The largest absolute Gasteiger partial charge is 0.449 e. The SMILES string of the molecule is CCOC(=O)NS(=O)(=O)Nc1ccc(CCN)cc1. The van der Waals surface area contributed by atoms with Crippen LogP contribution in [0, 0.1) is 0 Å². The fraction of sp³-hybridized carbons (Fsp3) is 0.364. The van der Waals surface area contributed by atoms with Crippen molar-refractivity contribution in [3.8, 4) is 0 Å². The van der Waals surface area contributed by atoms with E-state index >= 15 is 0 Å². The Bertz CT molecular complexity index is 513. The second-order valence-corrected chi connectivity index (χ2v) is 5.08. The number of ether oxygens (including phenoxy) is 1. The fourth-order valence-electron chi connectivity index (χ4n) is 1.36. The number of amides is 1. The molecule has 1 amide bonds. The third kappa shape index (κ3) is 5.58. The standard InChI is InChI=1S/C11H17N3O4S/c1-2-18-11(15)14-19(16,17)13-10-5-3-9(4-6-10)7-8-12/h3-6,13H,2,7-8,12H2,1H3,(H,14,15). The first-order valence-corrected chi connectivity index (χ1v) is 7.21. The van der Waals surface area contributed by atoms with Crippen molar-refractivity contribution in [3.63, 3.8) is 0 Å². The Balaban J connectivity index is 2.64. The Kier molecular flexibility index (Phi) is 5.58. The minimum atomic E-state index is -3.98. The van der Waals surface area contributed by atoms with Gasteiger partial charge in [0.05, 0.1) is 12.3 Å². The van der Waals surface area contributed by atoms with E-state index in [0.29, 0.717) is 18.7 Å². The van der Waals surface area contributed by atoms with Crippen molar-refractivity contribution in [3.05, 3.63) is 29.8 Å². The quantitative estimate of drug-likeness (QED) is 0.709. The Hall–Kier alpha value is -1.80. The lowest BCUT2D eigenvalue weighted by atomic mass is 10.1. The molecule has 106 valence electrons. The summed E-state index contributed by atoms with van der Waals surface area (Å²) in [7, 11) is -3.98. The van der Waals surface area contributed by atoms with Crippen LogP contribution in [0.4, 0.5) is 10.5 Å². The molecule has 0 aliphatic rings. The van der Waals surface area contributed by atoms with Gasteiger partial charge in [-0.05, 0) is 37.6 Å². The number of carbonyl (C=O) groups is 1. The molecule has 1 rings (SSSR count). The highest BCUT2D eigenvalue weighted by molar-refractivity contribution is 7.91. The highest BCUT2D eigenvalue weighted by Crippen LogP contribution is 2.11. The lowest BCUT2D eigenvalue weighted by Crippen LogP contribution is -2.35. The average molecular weight is 287 g/mol. The van der Waals surface area contributed by atoms with Crippen LogP contribution in [0.25, 0.3) is 0 Å². The topological polar surface area (TPSA) is 111 Å². The van der Waals surface area contributed by atoms with Crippen LogP contribution in [0.15, 0.2) is 24.3 Å². The molecule has 0 aromatic heterocycles. The molecule has 0 aliphatic heterocycles. The third-order valence-electron chi connectivity index (χ3n) is 2.13. The van der Waals surface area contributed by atoms with Crippen LogP contribution in [0.3, 0.4) is 0 Å². The maximum Gasteiger partial charge on any atom is 0.422 e. The minimum Gasteiger partial charge on any atom is -0.449 e. The summed E-state index contributed by atoms with van der Waals surface area (Å²) in [6.07, 6.45) is -0.302. The summed E-state index contributed by atoms with van der Waals surface area (Å²) in [6, 6.07) is 6.70. The molecule has 0 unspecified atom stereocenters. The van der Waals surface area contributed by atoms with E-state index in [1.54, 1.807) is 35.9 Å². The first kappa shape index (κ1) is 15.3. The number of nitrogens with one attached hydrogen (secondary N) is 2. The van der Waals surface area contributed by atoms with E-state index < -0.39 is 16.3 Å². The Morgan fingerprint density at radius 3 is 2.47 bits per heavy atom. The molecular formula is C11H17N3O4S. The van der Waals surface area contributed by atoms with Gasteiger partial charge in [-0.3, -0.25) is 4.72 Å². The van der Waals surface area contributed by atoms with Gasteiger partial charge in [0, 0.05) is 0 Å². The average Bonchev–Trinajstić information content (AvgIpc) is 2.31. The number of carbonyl (C=O) groups excluding carboxylic acids is 1. The lowest BCUT2D eigenvalue weighted by Gasteiger charge is -2.09. The van der Waals surface area contributed by atoms with Gasteiger partial charge in [-0.15, -0.1) is 0 Å². The summed E-state index contributed by atoms with van der Waals surface area (Å²) in [6.45, 7) is 2.19. The van der Waals surface area contributed by atoms with Gasteiger partial charge >= 0.3 is 16.3 Å². The molecule has 1 aromatic carbocycles. The predicted octanol–water partition coefficient (Wildman–Crippen LogP) is 0.591. The van der Waals surface area contributed by atoms with Gasteiger partial charge in [0.1, 0.15) is 0 Å². The molecule has 0 spiro atoms. The van der Waals surface area contributed by atoms with Gasteiger partial charge in [0.15, 0.2) is 0 Å². The molecule has 0 saturated heterocycles.